The van der Waals surface area contributed by atoms with Crippen molar-refractivity contribution in [3.8, 4) is 5.75 Å². The van der Waals surface area contributed by atoms with Crippen LogP contribution < -0.4 is 10.1 Å². The van der Waals surface area contributed by atoms with Gasteiger partial charge in [-0.1, -0.05) is 16.9 Å². The van der Waals surface area contributed by atoms with Crippen molar-refractivity contribution in [1.82, 2.24) is 19.8 Å². The predicted molar refractivity (Wildman–Crippen MR) is 102 cm³/mol. The molecule has 1 amide bonds. The Morgan fingerprint density at radius 3 is 2.85 bits per heavy atom. The number of rotatable bonds is 5. The van der Waals surface area contributed by atoms with E-state index in [1.54, 1.807) is 20.1 Å². The molecule has 3 aromatic heterocycles. The number of ether oxygens (including phenoxy) is 1. The average molecular weight is 383 g/mol. The summed E-state index contributed by atoms with van der Waals surface area (Å²) in [5.41, 5.74) is 2.69. The lowest BCUT2D eigenvalue weighted by atomic mass is 10.1. The van der Waals surface area contributed by atoms with E-state index in [4.69, 9.17) is 9.26 Å². The molecule has 4 aromatic rings. The SMILES string of the molecule is COc1ccc2cc(C)c3nnc(SCC(=O)Nc4cc(C)on4)n3c2c1. The molecule has 0 aliphatic carbocycles. The van der Waals surface area contributed by atoms with E-state index >= 15 is 0 Å². The van der Waals surface area contributed by atoms with E-state index in [1.165, 1.54) is 11.8 Å². The number of hydrogen-bond donors (Lipinski definition) is 1. The van der Waals surface area contributed by atoms with Crippen molar-refractivity contribution >= 4 is 40.0 Å². The fraction of sp³-hybridized carbons (Fsp3) is 0.222. The fourth-order valence-corrected chi connectivity index (χ4v) is 3.58. The van der Waals surface area contributed by atoms with Crippen LogP contribution in [-0.2, 0) is 4.79 Å². The van der Waals surface area contributed by atoms with Gasteiger partial charge in [0.25, 0.3) is 0 Å². The number of carbonyl (C=O) groups is 1. The van der Waals surface area contributed by atoms with Crippen LogP contribution in [0.25, 0.3) is 16.6 Å². The summed E-state index contributed by atoms with van der Waals surface area (Å²) in [5.74, 6) is 1.76. The predicted octanol–water partition coefficient (Wildman–Crippen LogP) is 3.23. The molecule has 0 saturated heterocycles. The van der Waals surface area contributed by atoms with Gasteiger partial charge in [0.15, 0.2) is 16.6 Å². The molecular weight excluding hydrogens is 366 g/mol. The number of thioether (sulfide) groups is 1. The Bertz CT molecular complexity index is 1150. The molecule has 27 heavy (non-hydrogen) atoms. The Labute approximate surface area is 158 Å². The van der Waals surface area contributed by atoms with Gasteiger partial charge in [-0.25, -0.2) is 0 Å². The Kier molecular flexibility index (Phi) is 4.44. The van der Waals surface area contributed by atoms with E-state index in [2.05, 4.69) is 26.7 Å². The van der Waals surface area contributed by atoms with Gasteiger partial charge in [0.1, 0.15) is 11.5 Å². The number of carbonyl (C=O) groups excluding carboxylic acids is 1. The number of methoxy groups -OCH3 is 1. The van der Waals surface area contributed by atoms with Crippen molar-refractivity contribution < 1.29 is 14.1 Å². The molecule has 0 radical (unpaired) electrons. The highest BCUT2D eigenvalue weighted by Gasteiger charge is 2.15. The first-order chi connectivity index (χ1) is 13.0. The molecular formula is C18H17N5O3S. The zero-order chi connectivity index (χ0) is 19.0. The largest absolute Gasteiger partial charge is 0.497 e. The standard InChI is InChI=1S/C18H17N5O3S/c1-10-6-12-4-5-13(25-3)8-14(12)23-17(10)20-21-18(23)27-9-16(24)19-15-7-11(2)26-22-15/h4-8H,9H2,1-3H3,(H,19,22,24). The molecule has 0 bridgehead atoms. The molecule has 0 fully saturated rings. The minimum atomic E-state index is -0.195. The normalized spacial score (nSPS) is 11.2. The Morgan fingerprint density at radius 2 is 2.11 bits per heavy atom. The van der Waals surface area contributed by atoms with Crippen molar-refractivity contribution in [2.24, 2.45) is 0 Å². The van der Waals surface area contributed by atoms with Crippen molar-refractivity contribution in [3.05, 3.63) is 41.7 Å². The number of anilines is 1. The van der Waals surface area contributed by atoms with Crippen LogP contribution in [-0.4, -0.2) is 38.5 Å². The van der Waals surface area contributed by atoms with Crippen LogP contribution in [0.4, 0.5) is 5.82 Å². The molecule has 1 aromatic carbocycles. The summed E-state index contributed by atoms with van der Waals surface area (Å²) in [6, 6.07) is 9.57. The van der Waals surface area contributed by atoms with Crippen LogP contribution in [0.2, 0.25) is 0 Å². The summed E-state index contributed by atoms with van der Waals surface area (Å²) in [7, 11) is 1.63. The van der Waals surface area contributed by atoms with E-state index in [0.29, 0.717) is 16.7 Å². The highest BCUT2D eigenvalue weighted by Crippen LogP contribution is 2.28. The number of aromatic nitrogens is 4. The van der Waals surface area contributed by atoms with Crippen LogP contribution in [0.1, 0.15) is 11.3 Å². The van der Waals surface area contributed by atoms with Crippen LogP contribution in [0.3, 0.4) is 0 Å². The van der Waals surface area contributed by atoms with E-state index in [0.717, 1.165) is 27.9 Å². The monoisotopic (exact) mass is 383 g/mol. The molecule has 8 nitrogen and oxygen atoms in total. The molecule has 0 spiro atoms. The van der Waals surface area contributed by atoms with Crippen LogP contribution >= 0.6 is 11.8 Å². The lowest BCUT2D eigenvalue weighted by Gasteiger charge is -2.08. The second kappa shape index (κ2) is 6.92. The number of amides is 1. The molecule has 138 valence electrons. The van der Waals surface area contributed by atoms with Gasteiger partial charge in [-0.15, -0.1) is 10.2 Å². The van der Waals surface area contributed by atoms with Crippen LogP contribution in [0.15, 0.2) is 40.0 Å². The second-order valence-corrected chi connectivity index (χ2v) is 7.00. The number of aryl methyl sites for hydroxylation is 2. The summed E-state index contributed by atoms with van der Waals surface area (Å²) in [5, 5.41) is 16.7. The summed E-state index contributed by atoms with van der Waals surface area (Å²) in [4.78, 5) is 12.2. The van der Waals surface area contributed by atoms with Crippen molar-refractivity contribution in [2.75, 3.05) is 18.2 Å². The highest BCUT2D eigenvalue weighted by atomic mass is 32.2. The van der Waals surface area contributed by atoms with Gasteiger partial charge >= 0.3 is 0 Å². The van der Waals surface area contributed by atoms with Crippen molar-refractivity contribution in [2.45, 2.75) is 19.0 Å². The molecule has 4 rings (SSSR count). The van der Waals surface area contributed by atoms with Crippen LogP contribution in [0.5, 0.6) is 5.75 Å². The van der Waals surface area contributed by atoms with E-state index in [1.807, 2.05) is 29.5 Å². The van der Waals surface area contributed by atoms with E-state index in [-0.39, 0.29) is 11.7 Å². The molecule has 0 aliphatic heterocycles. The molecule has 0 saturated carbocycles. The average Bonchev–Trinajstić information content (AvgIpc) is 3.26. The summed E-state index contributed by atoms with van der Waals surface area (Å²) in [6.07, 6.45) is 0. The third-order valence-electron chi connectivity index (χ3n) is 4.06. The van der Waals surface area contributed by atoms with Gasteiger partial charge in [-0.3, -0.25) is 9.20 Å². The lowest BCUT2D eigenvalue weighted by Crippen LogP contribution is -2.14. The number of nitrogens with one attached hydrogen (secondary N) is 1. The Hall–Kier alpha value is -3.07. The zero-order valence-electron chi connectivity index (χ0n) is 15.0. The van der Waals surface area contributed by atoms with E-state index < -0.39 is 0 Å². The number of nitrogens with zero attached hydrogens (tertiary/aromatic N) is 4. The summed E-state index contributed by atoms with van der Waals surface area (Å²) >= 11 is 1.31. The second-order valence-electron chi connectivity index (χ2n) is 6.05. The third kappa shape index (κ3) is 3.33. The first-order valence-electron chi connectivity index (χ1n) is 8.23. The molecule has 3 heterocycles. The Balaban J connectivity index is 1.64. The topological polar surface area (TPSA) is 94.5 Å². The molecule has 0 atom stereocenters. The fourth-order valence-electron chi connectivity index (χ4n) is 2.83. The van der Waals surface area contributed by atoms with Gasteiger partial charge in [0, 0.05) is 12.1 Å². The van der Waals surface area contributed by atoms with Gasteiger partial charge < -0.3 is 14.6 Å². The Morgan fingerprint density at radius 1 is 1.26 bits per heavy atom. The minimum absolute atomic E-state index is 0.173. The molecule has 1 N–H and O–H groups in total. The summed E-state index contributed by atoms with van der Waals surface area (Å²) in [6.45, 7) is 3.75. The van der Waals surface area contributed by atoms with Crippen LogP contribution in [0, 0.1) is 13.8 Å². The number of hydrogen-bond acceptors (Lipinski definition) is 7. The maximum absolute atomic E-state index is 12.2. The van der Waals surface area contributed by atoms with Gasteiger partial charge in [-0.05, 0) is 43.0 Å². The van der Waals surface area contributed by atoms with Crippen molar-refractivity contribution in [1.29, 1.82) is 0 Å². The zero-order valence-corrected chi connectivity index (χ0v) is 15.8. The number of fused-ring (bicyclic) bond motifs is 3. The quantitative estimate of drug-likeness (QED) is 0.529. The highest BCUT2D eigenvalue weighted by molar-refractivity contribution is 7.99. The smallest absolute Gasteiger partial charge is 0.236 e. The molecule has 0 unspecified atom stereocenters. The number of benzene rings is 1. The first kappa shape index (κ1) is 17.3. The van der Waals surface area contributed by atoms with Crippen molar-refractivity contribution in [3.63, 3.8) is 0 Å². The first-order valence-corrected chi connectivity index (χ1v) is 9.22. The van der Waals surface area contributed by atoms with E-state index in [9.17, 15) is 4.79 Å². The maximum atomic E-state index is 12.2. The van der Waals surface area contributed by atoms with Gasteiger partial charge in [0.2, 0.25) is 5.91 Å². The minimum Gasteiger partial charge on any atom is -0.497 e. The maximum Gasteiger partial charge on any atom is 0.236 e. The van der Waals surface area contributed by atoms with Gasteiger partial charge in [0.05, 0.1) is 18.4 Å². The lowest BCUT2D eigenvalue weighted by molar-refractivity contribution is -0.113. The third-order valence-corrected chi connectivity index (χ3v) is 4.99. The summed E-state index contributed by atoms with van der Waals surface area (Å²) < 4.78 is 12.2. The molecule has 9 heteroatoms. The number of pyridine rings is 1. The molecule has 0 aliphatic rings. The van der Waals surface area contributed by atoms with Gasteiger partial charge in [-0.2, -0.15) is 0 Å².